The number of carbonyl (C=O) groups is 1. The van der Waals surface area contributed by atoms with E-state index in [0.717, 1.165) is 29.7 Å². The number of carbonyl (C=O) groups excluding carboxylic acids is 1. The zero-order valence-electron chi connectivity index (χ0n) is 14.3. The number of nitrogens with zero attached hydrogens (tertiary/aromatic N) is 1. The Morgan fingerprint density at radius 3 is 2.72 bits per heavy atom. The molecule has 0 bridgehead atoms. The van der Waals surface area contributed by atoms with E-state index in [2.05, 4.69) is 29.8 Å². The second kappa shape index (κ2) is 7.56. The van der Waals surface area contributed by atoms with Gasteiger partial charge in [-0.3, -0.25) is 4.90 Å². The van der Waals surface area contributed by atoms with Gasteiger partial charge in [0, 0.05) is 6.04 Å². The summed E-state index contributed by atoms with van der Waals surface area (Å²) >= 11 is 3.23. The summed E-state index contributed by atoms with van der Waals surface area (Å²) in [6.07, 6.45) is 1.17. The van der Waals surface area contributed by atoms with Crippen LogP contribution in [0.4, 0.5) is 14.9 Å². The molecule has 2 aromatic carbocycles. The van der Waals surface area contributed by atoms with E-state index in [0.29, 0.717) is 4.47 Å². The Kier molecular flexibility index (Phi) is 5.42. The second-order valence-electron chi connectivity index (χ2n) is 6.66. The van der Waals surface area contributed by atoms with Gasteiger partial charge < -0.3 is 4.74 Å². The van der Waals surface area contributed by atoms with Crippen LogP contribution in [-0.2, 0) is 17.8 Å². The number of aryl methyl sites for hydroxylation is 1. The number of rotatable bonds is 3. The smallest absolute Gasteiger partial charge is 0.414 e. The topological polar surface area (TPSA) is 29.5 Å². The van der Waals surface area contributed by atoms with Crippen LogP contribution in [0.2, 0.25) is 0 Å². The average Bonchev–Trinajstić information content (AvgIpc) is 2.60. The van der Waals surface area contributed by atoms with Crippen molar-refractivity contribution in [3.8, 4) is 0 Å². The van der Waals surface area contributed by atoms with Crippen LogP contribution < -0.4 is 4.90 Å². The molecule has 0 aliphatic carbocycles. The van der Waals surface area contributed by atoms with Crippen LogP contribution in [0.5, 0.6) is 0 Å². The van der Waals surface area contributed by atoms with E-state index in [9.17, 15) is 9.18 Å². The van der Waals surface area contributed by atoms with Crippen molar-refractivity contribution < 1.29 is 13.9 Å². The predicted octanol–water partition coefficient (Wildman–Crippen LogP) is 5.70. The van der Waals surface area contributed by atoms with E-state index >= 15 is 0 Å². The molecule has 1 aliphatic heterocycles. The minimum atomic E-state index is -0.387. The molecule has 3 rings (SSSR count). The van der Waals surface area contributed by atoms with Crippen molar-refractivity contribution in [2.45, 2.75) is 39.3 Å². The normalized spacial score (nSPS) is 16.7. The summed E-state index contributed by atoms with van der Waals surface area (Å²) in [5.41, 5.74) is 2.51. The molecule has 3 nitrogen and oxygen atoms in total. The third-order valence-electron chi connectivity index (χ3n) is 4.59. The number of hydrogen-bond donors (Lipinski definition) is 0. The second-order valence-corrected chi connectivity index (χ2v) is 7.51. The van der Waals surface area contributed by atoms with Gasteiger partial charge in [0.25, 0.3) is 0 Å². The fourth-order valence-electron chi connectivity index (χ4n) is 3.27. The Balaban J connectivity index is 1.88. The lowest BCUT2D eigenvalue weighted by Gasteiger charge is -2.38. The lowest BCUT2D eigenvalue weighted by Crippen LogP contribution is -2.46. The van der Waals surface area contributed by atoms with Gasteiger partial charge in [-0.2, -0.15) is 0 Å². The molecule has 0 N–H and O–H groups in total. The van der Waals surface area contributed by atoms with Gasteiger partial charge in [0.2, 0.25) is 0 Å². The average molecular weight is 406 g/mol. The van der Waals surface area contributed by atoms with Crippen molar-refractivity contribution in [3.05, 3.63) is 63.9 Å². The Hall–Kier alpha value is -1.88. The van der Waals surface area contributed by atoms with Gasteiger partial charge in [0.15, 0.2) is 0 Å². The van der Waals surface area contributed by atoms with Crippen LogP contribution in [0.25, 0.3) is 0 Å². The minimum Gasteiger partial charge on any atom is -0.444 e. The number of amides is 1. The van der Waals surface area contributed by atoms with Crippen molar-refractivity contribution in [2.75, 3.05) is 4.90 Å². The molecule has 132 valence electrons. The predicted molar refractivity (Wildman–Crippen MR) is 100 cm³/mol. The number of hydrogen-bond acceptors (Lipinski definition) is 2. The molecule has 0 fully saturated rings. The molecule has 0 radical (unpaired) electrons. The monoisotopic (exact) mass is 405 g/mol. The maximum absolute atomic E-state index is 13.9. The Morgan fingerprint density at radius 2 is 2.04 bits per heavy atom. The molecular formula is C20H21BrFNO2. The third-order valence-corrected chi connectivity index (χ3v) is 5.20. The Labute approximate surface area is 155 Å². The van der Waals surface area contributed by atoms with Crippen molar-refractivity contribution in [3.63, 3.8) is 0 Å². The summed E-state index contributed by atoms with van der Waals surface area (Å²) in [7, 11) is 0. The Bertz CT molecular complexity index is 764. The molecule has 1 heterocycles. The van der Waals surface area contributed by atoms with E-state index in [1.165, 1.54) is 6.07 Å². The maximum atomic E-state index is 13.9. The van der Waals surface area contributed by atoms with Crippen molar-refractivity contribution >= 4 is 27.7 Å². The SMILES string of the molecule is CC(C)C1CCc2cc(F)c(Br)cc2N1C(=O)OCc1ccccc1. The van der Waals surface area contributed by atoms with Crippen molar-refractivity contribution in [2.24, 2.45) is 5.92 Å². The number of ether oxygens (including phenoxy) is 1. The molecule has 2 aromatic rings. The molecule has 5 heteroatoms. The lowest BCUT2D eigenvalue weighted by molar-refractivity contribution is 0.141. The molecule has 25 heavy (non-hydrogen) atoms. The first-order valence-corrected chi connectivity index (χ1v) is 9.24. The van der Waals surface area contributed by atoms with Crippen molar-refractivity contribution in [1.29, 1.82) is 0 Å². The zero-order valence-corrected chi connectivity index (χ0v) is 15.9. The first-order chi connectivity index (χ1) is 12.0. The molecule has 1 atom stereocenters. The number of halogens is 2. The highest BCUT2D eigenvalue weighted by Gasteiger charge is 2.34. The first-order valence-electron chi connectivity index (χ1n) is 8.45. The lowest BCUT2D eigenvalue weighted by atomic mass is 9.89. The molecule has 1 aliphatic rings. The fourth-order valence-corrected chi connectivity index (χ4v) is 3.60. The number of fused-ring (bicyclic) bond motifs is 1. The molecule has 0 saturated heterocycles. The van der Waals surface area contributed by atoms with Crippen LogP contribution in [0.15, 0.2) is 46.9 Å². The molecule has 0 aromatic heterocycles. The van der Waals surface area contributed by atoms with Crippen LogP contribution >= 0.6 is 15.9 Å². The van der Waals surface area contributed by atoms with Gasteiger partial charge in [0.05, 0.1) is 10.2 Å². The summed E-state index contributed by atoms with van der Waals surface area (Å²) in [5, 5.41) is 0. The maximum Gasteiger partial charge on any atom is 0.414 e. The van der Waals surface area contributed by atoms with Crippen LogP contribution in [0, 0.1) is 11.7 Å². The highest BCUT2D eigenvalue weighted by Crippen LogP contribution is 2.37. The van der Waals surface area contributed by atoms with Gasteiger partial charge in [-0.15, -0.1) is 0 Å². The zero-order chi connectivity index (χ0) is 18.0. The minimum absolute atomic E-state index is 0.0353. The standard InChI is InChI=1S/C20H21BrFNO2/c1-13(2)18-9-8-15-10-17(22)16(21)11-19(15)23(18)20(24)25-12-14-6-4-3-5-7-14/h3-7,10-11,13,18H,8-9,12H2,1-2H3. The highest BCUT2D eigenvalue weighted by atomic mass is 79.9. The fraction of sp³-hybridized carbons (Fsp3) is 0.350. The summed E-state index contributed by atoms with van der Waals surface area (Å²) in [6, 6.07) is 12.8. The highest BCUT2D eigenvalue weighted by molar-refractivity contribution is 9.10. The summed E-state index contributed by atoms with van der Waals surface area (Å²) < 4.78 is 19.8. The van der Waals surface area contributed by atoms with Gasteiger partial charge in [-0.05, 0) is 57.9 Å². The van der Waals surface area contributed by atoms with E-state index in [-0.39, 0.29) is 30.5 Å². The molecule has 1 amide bonds. The van der Waals surface area contributed by atoms with Crippen LogP contribution in [0.3, 0.4) is 0 Å². The molecule has 0 spiro atoms. The van der Waals surface area contributed by atoms with Crippen LogP contribution in [0.1, 0.15) is 31.4 Å². The van der Waals surface area contributed by atoms with Gasteiger partial charge in [-0.1, -0.05) is 44.2 Å². The summed E-state index contributed by atoms with van der Waals surface area (Å²) in [6.45, 7) is 4.40. The van der Waals surface area contributed by atoms with Crippen LogP contribution in [-0.4, -0.2) is 12.1 Å². The van der Waals surface area contributed by atoms with E-state index in [4.69, 9.17) is 4.74 Å². The van der Waals surface area contributed by atoms with Gasteiger partial charge in [0.1, 0.15) is 12.4 Å². The quantitative estimate of drug-likeness (QED) is 0.654. The summed E-state index contributed by atoms with van der Waals surface area (Å²) in [4.78, 5) is 14.5. The largest absolute Gasteiger partial charge is 0.444 e. The molecular weight excluding hydrogens is 385 g/mol. The van der Waals surface area contributed by atoms with E-state index in [1.54, 1.807) is 11.0 Å². The van der Waals surface area contributed by atoms with Gasteiger partial charge >= 0.3 is 6.09 Å². The van der Waals surface area contributed by atoms with E-state index < -0.39 is 0 Å². The molecule has 0 saturated carbocycles. The third kappa shape index (κ3) is 3.87. The summed E-state index contributed by atoms with van der Waals surface area (Å²) in [5.74, 6) is -0.0272. The van der Waals surface area contributed by atoms with Gasteiger partial charge in [-0.25, -0.2) is 9.18 Å². The molecule has 1 unspecified atom stereocenters. The first kappa shape index (κ1) is 17.9. The Morgan fingerprint density at radius 1 is 1.32 bits per heavy atom. The number of anilines is 1. The number of benzene rings is 2. The van der Waals surface area contributed by atoms with Crippen molar-refractivity contribution in [1.82, 2.24) is 0 Å². The van der Waals surface area contributed by atoms with E-state index in [1.807, 2.05) is 30.3 Å².